The minimum absolute atomic E-state index is 0.819. The number of ketones is 2. The number of rotatable bonds is 4. The summed E-state index contributed by atoms with van der Waals surface area (Å²) in [6.07, 6.45) is 3.00. The zero-order valence-corrected chi connectivity index (χ0v) is 17.4. The van der Waals surface area contributed by atoms with Gasteiger partial charge in [-0.15, -0.1) is 0 Å². The Bertz CT molecular complexity index is 1010. The molecule has 4 aliphatic rings. The van der Waals surface area contributed by atoms with Crippen LogP contribution in [0.5, 0.6) is 0 Å². The van der Waals surface area contributed by atoms with Crippen LogP contribution in [0, 0.1) is 23.2 Å². The van der Waals surface area contributed by atoms with Crippen LogP contribution in [-0.4, -0.2) is 85.3 Å². The van der Waals surface area contributed by atoms with Crippen LogP contribution in [0.1, 0.15) is 0 Å². The van der Waals surface area contributed by atoms with Gasteiger partial charge in [-0.2, -0.15) is 0 Å². The van der Waals surface area contributed by atoms with Crippen LogP contribution in [0.3, 0.4) is 0 Å². The molecule has 5 unspecified atom stereocenters. The van der Waals surface area contributed by atoms with E-state index in [0.29, 0.717) is 0 Å². The van der Waals surface area contributed by atoms with Crippen molar-refractivity contribution >= 4 is 35.4 Å². The smallest absolute Gasteiger partial charge is 0.346 e. The average Bonchev–Trinajstić information content (AvgIpc) is 2.81. The van der Waals surface area contributed by atoms with Gasteiger partial charge in [-0.05, 0) is 0 Å². The van der Waals surface area contributed by atoms with E-state index in [0.717, 1.165) is 46.7 Å². The van der Waals surface area contributed by atoms with Crippen LogP contribution in [0.15, 0.2) is 23.8 Å². The van der Waals surface area contributed by atoms with Crippen LogP contribution in [-0.2, 0) is 47.7 Å². The first kappa shape index (κ1) is 23.3. The summed E-state index contributed by atoms with van der Waals surface area (Å²) in [5, 5.41) is 22.5. The number of esters is 4. The Labute approximate surface area is 180 Å². The van der Waals surface area contributed by atoms with E-state index in [-0.39, 0.29) is 0 Å². The molecule has 2 bridgehead atoms. The maximum absolute atomic E-state index is 13.4. The van der Waals surface area contributed by atoms with Crippen molar-refractivity contribution in [3.8, 4) is 0 Å². The Morgan fingerprint density at radius 3 is 1.84 bits per heavy atom. The molecule has 6 atom stereocenters. The van der Waals surface area contributed by atoms with Gasteiger partial charge in [-0.1, -0.05) is 18.2 Å². The van der Waals surface area contributed by atoms with Crippen molar-refractivity contribution in [2.45, 2.75) is 11.2 Å². The number of ether oxygens (including phenoxy) is 4. The average molecular weight is 452 g/mol. The highest BCUT2D eigenvalue weighted by Gasteiger charge is 2.79. The van der Waals surface area contributed by atoms with Crippen LogP contribution < -0.4 is 0 Å². The molecule has 1 saturated carbocycles. The lowest BCUT2D eigenvalue weighted by Gasteiger charge is -2.58. The van der Waals surface area contributed by atoms with Gasteiger partial charge in [0.2, 0.25) is 17.0 Å². The number of carbonyl (C=O) groups is 6. The number of allylic oxidation sites excluding steroid dienone is 1. The largest absolute Gasteiger partial charge is 0.468 e. The molecule has 32 heavy (non-hydrogen) atoms. The lowest BCUT2D eigenvalue weighted by atomic mass is 9.43. The first-order valence-electron chi connectivity index (χ1n) is 9.23. The summed E-state index contributed by atoms with van der Waals surface area (Å²) in [5.74, 6) is -13.4. The van der Waals surface area contributed by atoms with E-state index in [4.69, 9.17) is 4.74 Å². The molecule has 0 heterocycles. The lowest BCUT2D eigenvalue weighted by Crippen LogP contribution is -2.77. The number of fused-ring (bicyclic) bond motifs is 1. The van der Waals surface area contributed by atoms with Gasteiger partial charge in [0.15, 0.2) is 11.2 Å². The Kier molecular flexibility index (Phi) is 5.35. The molecule has 0 radical (unpaired) electrons. The molecule has 0 spiro atoms. The van der Waals surface area contributed by atoms with Crippen molar-refractivity contribution in [3.05, 3.63) is 23.8 Å². The molecular formula is C20H20O12. The van der Waals surface area contributed by atoms with E-state index in [1.165, 1.54) is 0 Å². The number of methoxy groups -OCH3 is 4. The van der Waals surface area contributed by atoms with Gasteiger partial charge >= 0.3 is 23.9 Å². The minimum atomic E-state index is -3.17. The summed E-state index contributed by atoms with van der Waals surface area (Å²) < 4.78 is 18.4. The van der Waals surface area contributed by atoms with Crippen LogP contribution >= 0.6 is 0 Å². The van der Waals surface area contributed by atoms with Gasteiger partial charge in [-0.25, -0.2) is 14.4 Å². The van der Waals surface area contributed by atoms with Gasteiger partial charge in [0.1, 0.15) is 5.57 Å². The molecule has 12 nitrogen and oxygen atoms in total. The fraction of sp³-hybridized carbons (Fsp3) is 0.500. The Hall–Kier alpha value is -3.38. The number of Topliss-reactive ketones (excluding diaryl/α,β-unsaturated/α-hetero) is 2. The molecule has 0 aromatic heterocycles. The van der Waals surface area contributed by atoms with Crippen molar-refractivity contribution in [2.75, 3.05) is 28.4 Å². The summed E-state index contributed by atoms with van der Waals surface area (Å²) in [5.41, 5.74) is -9.54. The molecule has 4 rings (SSSR count). The van der Waals surface area contributed by atoms with Crippen molar-refractivity contribution in [3.63, 3.8) is 0 Å². The van der Waals surface area contributed by atoms with Crippen LogP contribution in [0.2, 0.25) is 0 Å². The first-order valence-corrected chi connectivity index (χ1v) is 9.23. The highest BCUT2D eigenvalue weighted by Crippen LogP contribution is 2.61. The summed E-state index contributed by atoms with van der Waals surface area (Å²) >= 11 is 0. The van der Waals surface area contributed by atoms with Gasteiger partial charge < -0.3 is 29.2 Å². The van der Waals surface area contributed by atoms with E-state index in [9.17, 15) is 39.0 Å². The van der Waals surface area contributed by atoms with E-state index in [2.05, 4.69) is 14.2 Å². The summed E-state index contributed by atoms with van der Waals surface area (Å²) in [6.45, 7) is 0. The van der Waals surface area contributed by atoms with Gasteiger partial charge in [0, 0.05) is 17.8 Å². The van der Waals surface area contributed by atoms with Crippen molar-refractivity contribution in [1.29, 1.82) is 0 Å². The van der Waals surface area contributed by atoms with E-state index >= 15 is 0 Å². The molecule has 0 amide bonds. The fourth-order valence-corrected chi connectivity index (χ4v) is 4.96. The normalized spacial score (nSPS) is 37.2. The Balaban J connectivity index is 2.45. The monoisotopic (exact) mass is 452 g/mol. The maximum Gasteiger partial charge on any atom is 0.346 e. The van der Waals surface area contributed by atoms with Gasteiger partial charge in [0.05, 0.1) is 28.4 Å². The zero-order valence-electron chi connectivity index (χ0n) is 17.4. The summed E-state index contributed by atoms with van der Waals surface area (Å²) in [7, 11) is 3.58. The maximum atomic E-state index is 13.4. The second-order valence-electron chi connectivity index (χ2n) is 7.54. The quantitative estimate of drug-likeness (QED) is 0.152. The van der Waals surface area contributed by atoms with E-state index in [1.807, 2.05) is 0 Å². The molecule has 2 N–H and O–H groups in total. The highest BCUT2D eigenvalue weighted by molar-refractivity contribution is 6.29. The molecule has 0 aliphatic heterocycles. The van der Waals surface area contributed by atoms with Crippen molar-refractivity contribution in [1.82, 2.24) is 0 Å². The molecular weight excluding hydrogens is 432 g/mol. The Morgan fingerprint density at radius 1 is 0.812 bits per heavy atom. The third-order valence-corrected chi connectivity index (χ3v) is 6.41. The van der Waals surface area contributed by atoms with E-state index in [1.54, 1.807) is 0 Å². The lowest BCUT2D eigenvalue weighted by molar-refractivity contribution is -0.213. The fourth-order valence-electron chi connectivity index (χ4n) is 4.96. The van der Waals surface area contributed by atoms with Crippen molar-refractivity contribution < 1.29 is 57.9 Å². The van der Waals surface area contributed by atoms with Crippen molar-refractivity contribution in [2.24, 2.45) is 23.2 Å². The third-order valence-electron chi connectivity index (χ3n) is 6.41. The summed E-state index contributed by atoms with van der Waals surface area (Å²) in [4.78, 5) is 76.9. The molecule has 172 valence electrons. The number of aliphatic hydroxyl groups is 2. The topological polar surface area (TPSA) is 180 Å². The van der Waals surface area contributed by atoms with Crippen LogP contribution in [0.25, 0.3) is 0 Å². The predicted molar refractivity (Wildman–Crippen MR) is 98.1 cm³/mol. The number of hydrogen-bond acceptors (Lipinski definition) is 12. The molecule has 0 saturated heterocycles. The molecule has 1 fully saturated rings. The second kappa shape index (κ2) is 7.35. The minimum Gasteiger partial charge on any atom is -0.468 e. The van der Waals surface area contributed by atoms with E-state index < -0.39 is 75.4 Å². The molecule has 4 aliphatic carbocycles. The van der Waals surface area contributed by atoms with Gasteiger partial charge in [0.25, 0.3) is 0 Å². The summed E-state index contributed by atoms with van der Waals surface area (Å²) in [6, 6.07) is 0. The number of carbonyl (C=O) groups excluding carboxylic acids is 6. The predicted octanol–water partition coefficient (Wildman–Crippen LogP) is -2.36. The second-order valence-corrected chi connectivity index (χ2v) is 7.54. The molecule has 12 heteroatoms. The number of hydrogen-bond donors (Lipinski definition) is 2. The molecule has 0 aromatic rings. The Morgan fingerprint density at radius 2 is 1.34 bits per heavy atom. The third kappa shape index (κ3) is 2.44. The highest BCUT2D eigenvalue weighted by atomic mass is 16.6. The van der Waals surface area contributed by atoms with Gasteiger partial charge in [-0.3, -0.25) is 14.4 Å². The molecule has 0 aromatic carbocycles. The van der Waals surface area contributed by atoms with Crippen LogP contribution in [0.4, 0.5) is 0 Å². The first-order chi connectivity index (χ1) is 14.9. The standard InChI is InChI=1S/C20H20O12/c1-29-13(22)8-7-10-11(20(28,12(8)21)17(26)32-4)9-5-6-18(10,15(24)30-2)14(23)19(9,27)16(25)31-3/h5-7,9-11,27-28H,1-4H3/t9?,10?,11?,18?,19?,20-/m0/s1. The zero-order chi connectivity index (χ0) is 24.2. The SMILES string of the molecule is COC(=O)C1=CC2C(C3C=CC2(C(=O)OC)C(=O)C3(O)C(=O)OC)[C@@](O)(C(=O)OC)C1=O.